The Balaban J connectivity index is 2.78. The average Bonchev–Trinajstić information content (AvgIpc) is 1.93. The largest absolute Gasteiger partial charge is 0.383 e. The van der Waals surface area contributed by atoms with Gasteiger partial charge in [0.1, 0.15) is 5.82 Å². The molecule has 0 saturated carbocycles. The molecule has 11 heavy (non-hydrogen) atoms. The van der Waals surface area contributed by atoms with Gasteiger partial charge in [-0.3, -0.25) is 0 Å². The van der Waals surface area contributed by atoms with Crippen LogP contribution in [-0.4, -0.2) is 4.98 Å². The van der Waals surface area contributed by atoms with Crippen LogP contribution in [-0.2, 0) is 6.42 Å². The van der Waals surface area contributed by atoms with E-state index in [0.717, 1.165) is 12.0 Å². The monoisotopic (exact) mass is 150 g/mol. The fraction of sp³-hybridized carbons (Fsp3) is 0.444. The highest BCUT2D eigenvalue weighted by Gasteiger charge is 2.00. The minimum atomic E-state index is 0.640. The number of rotatable bonds is 2. The highest BCUT2D eigenvalue weighted by atomic mass is 14.8. The van der Waals surface area contributed by atoms with Gasteiger partial charge < -0.3 is 5.73 Å². The molecular weight excluding hydrogens is 136 g/mol. The van der Waals surface area contributed by atoms with E-state index in [4.69, 9.17) is 5.73 Å². The fourth-order valence-corrected chi connectivity index (χ4v) is 1.06. The van der Waals surface area contributed by atoms with Crippen LogP contribution in [0, 0.1) is 5.92 Å². The summed E-state index contributed by atoms with van der Waals surface area (Å²) in [4.78, 5) is 4.01. The fourth-order valence-electron chi connectivity index (χ4n) is 1.06. The predicted molar refractivity (Wildman–Crippen MR) is 47.2 cm³/mol. The van der Waals surface area contributed by atoms with Crippen LogP contribution in [0.1, 0.15) is 19.4 Å². The second kappa shape index (κ2) is 3.37. The van der Waals surface area contributed by atoms with Crippen LogP contribution in [0.15, 0.2) is 18.3 Å². The zero-order valence-corrected chi connectivity index (χ0v) is 7.04. The van der Waals surface area contributed by atoms with E-state index in [0.29, 0.717) is 11.7 Å². The lowest BCUT2D eigenvalue weighted by Gasteiger charge is -2.05. The first-order chi connectivity index (χ1) is 5.20. The third kappa shape index (κ3) is 2.22. The summed E-state index contributed by atoms with van der Waals surface area (Å²) in [6, 6.07) is 3.95. The van der Waals surface area contributed by atoms with E-state index in [9.17, 15) is 0 Å². The van der Waals surface area contributed by atoms with E-state index in [2.05, 4.69) is 18.8 Å². The first-order valence-electron chi connectivity index (χ1n) is 3.89. The van der Waals surface area contributed by atoms with Crippen molar-refractivity contribution in [2.45, 2.75) is 20.3 Å². The average molecular weight is 150 g/mol. The van der Waals surface area contributed by atoms with E-state index in [1.807, 2.05) is 12.1 Å². The van der Waals surface area contributed by atoms with Crippen LogP contribution in [0.3, 0.4) is 0 Å². The molecule has 0 amide bonds. The first-order valence-corrected chi connectivity index (χ1v) is 3.89. The minimum Gasteiger partial charge on any atom is -0.383 e. The Hall–Kier alpha value is -1.05. The van der Waals surface area contributed by atoms with E-state index >= 15 is 0 Å². The van der Waals surface area contributed by atoms with Crippen molar-refractivity contribution in [3.63, 3.8) is 0 Å². The molecule has 1 aromatic rings. The van der Waals surface area contributed by atoms with Crippen LogP contribution in [0.5, 0.6) is 0 Å². The molecule has 0 fully saturated rings. The number of nitrogens with two attached hydrogens (primary N) is 1. The summed E-state index contributed by atoms with van der Waals surface area (Å²) in [5, 5.41) is 0. The van der Waals surface area contributed by atoms with Gasteiger partial charge >= 0.3 is 0 Å². The quantitative estimate of drug-likeness (QED) is 0.699. The van der Waals surface area contributed by atoms with Gasteiger partial charge in [-0.2, -0.15) is 0 Å². The molecule has 0 saturated heterocycles. The maximum Gasteiger partial charge on any atom is 0.126 e. The first kappa shape index (κ1) is 8.05. The molecule has 1 heterocycles. The molecule has 0 atom stereocenters. The third-order valence-corrected chi connectivity index (χ3v) is 1.55. The molecule has 1 rings (SSSR count). The van der Waals surface area contributed by atoms with Crippen LogP contribution < -0.4 is 5.73 Å². The number of nitrogen functional groups attached to an aromatic ring is 1. The van der Waals surface area contributed by atoms with Gasteiger partial charge in [-0.15, -0.1) is 0 Å². The molecule has 0 radical (unpaired) electrons. The van der Waals surface area contributed by atoms with Crippen molar-refractivity contribution in [3.05, 3.63) is 23.9 Å². The topological polar surface area (TPSA) is 38.9 Å². The Labute approximate surface area is 67.5 Å². The maximum atomic E-state index is 5.66. The molecule has 2 nitrogen and oxygen atoms in total. The summed E-state index contributed by atoms with van der Waals surface area (Å²) in [6.07, 6.45) is 2.73. The van der Waals surface area contributed by atoms with Crippen molar-refractivity contribution in [1.29, 1.82) is 0 Å². The summed E-state index contributed by atoms with van der Waals surface area (Å²) in [5.74, 6) is 1.31. The molecule has 0 unspecified atom stereocenters. The van der Waals surface area contributed by atoms with Crippen molar-refractivity contribution in [2.75, 3.05) is 5.73 Å². The molecule has 1 aromatic heterocycles. The number of aromatic nitrogens is 1. The number of anilines is 1. The van der Waals surface area contributed by atoms with Crippen molar-refractivity contribution >= 4 is 5.82 Å². The normalized spacial score (nSPS) is 10.5. The Kier molecular flexibility index (Phi) is 2.47. The van der Waals surface area contributed by atoms with E-state index < -0.39 is 0 Å². The molecular formula is C9H14N2. The van der Waals surface area contributed by atoms with Gasteiger partial charge in [0.15, 0.2) is 0 Å². The SMILES string of the molecule is CC(C)Cc1cccnc1N. The Morgan fingerprint density at radius 3 is 2.82 bits per heavy atom. The standard InChI is InChI=1S/C9H14N2/c1-7(2)6-8-4-3-5-11-9(8)10/h3-5,7H,6H2,1-2H3,(H2,10,11). The van der Waals surface area contributed by atoms with Crippen LogP contribution >= 0.6 is 0 Å². The highest BCUT2D eigenvalue weighted by Crippen LogP contribution is 2.12. The van der Waals surface area contributed by atoms with Gasteiger partial charge in [0, 0.05) is 6.20 Å². The second-order valence-corrected chi connectivity index (χ2v) is 3.15. The van der Waals surface area contributed by atoms with E-state index in [-0.39, 0.29) is 0 Å². The van der Waals surface area contributed by atoms with Crippen LogP contribution in [0.4, 0.5) is 5.82 Å². The van der Waals surface area contributed by atoms with Gasteiger partial charge in [0.2, 0.25) is 0 Å². The Morgan fingerprint density at radius 2 is 2.27 bits per heavy atom. The van der Waals surface area contributed by atoms with Gasteiger partial charge in [-0.05, 0) is 24.0 Å². The van der Waals surface area contributed by atoms with Gasteiger partial charge in [-0.25, -0.2) is 4.98 Å². The molecule has 0 aromatic carbocycles. The summed E-state index contributed by atoms with van der Waals surface area (Å²) in [7, 11) is 0. The maximum absolute atomic E-state index is 5.66. The summed E-state index contributed by atoms with van der Waals surface area (Å²) in [5.41, 5.74) is 6.81. The zero-order chi connectivity index (χ0) is 8.27. The summed E-state index contributed by atoms with van der Waals surface area (Å²) >= 11 is 0. The van der Waals surface area contributed by atoms with Crippen LogP contribution in [0.2, 0.25) is 0 Å². The lowest BCUT2D eigenvalue weighted by Crippen LogP contribution is -2.00. The van der Waals surface area contributed by atoms with Crippen molar-refractivity contribution in [2.24, 2.45) is 5.92 Å². The van der Waals surface area contributed by atoms with Crippen molar-refractivity contribution in [1.82, 2.24) is 4.98 Å². The number of pyridine rings is 1. The molecule has 0 spiro atoms. The summed E-state index contributed by atoms with van der Waals surface area (Å²) < 4.78 is 0. The lowest BCUT2D eigenvalue weighted by molar-refractivity contribution is 0.647. The number of nitrogens with zero attached hydrogens (tertiary/aromatic N) is 1. The molecule has 0 aliphatic carbocycles. The van der Waals surface area contributed by atoms with Gasteiger partial charge in [-0.1, -0.05) is 19.9 Å². The molecule has 0 bridgehead atoms. The Bertz CT molecular complexity index is 231. The smallest absolute Gasteiger partial charge is 0.126 e. The summed E-state index contributed by atoms with van der Waals surface area (Å²) in [6.45, 7) is 4.35. The van der Waals surface area contributed by atoms with Gasteiger partial charge in [0.25, 0.3) is 0 Å². The molecule has 60 valence electrons. The van der Waals surface area contributed by atoms with Crippen LogP contribution in [0.25, 0.3) is 0 Å². The minimum absolute atomic E-state index is 0.640. The number of hydrogen-bond donors (Lipinski definition) is 1. The van der Waals surface area contributed by atoms with Crippen molar-refractivity contribution in [3.8, 4) is 0 Å². The second-order valence-electron chi connectivity index (χ2n) is 3.15. The molecule has 2 heteroatoms. The predicted octanol–water partition coefficient (Wildman–Crippen LogP) is 1.86. The molecule has 2 N–H and O–H groups in total. The Morgan fingerprint density at radius 1 is 1.55 bits per heavy atom. The lowest BCUT2D eigenvalue weighted by atomic mass is 10.0. The molecule has 0 aliphatic heterocycles. The van der Waals surface area contributed by atoms with E-state index in [1.54, 1.807) is 6.20 Å². The van der Waals surface area contributed by atoms with E-state index in [1.165, 1.54) is 0 Å². The zero-order valence-electron chi connectivity index (χ0n) is 7.04. The number of hydrogen-bond acceptors (Lipinski definition) is 2. The molecule has 0 aliphatic rings. The van der Waals surface area contributed by atoms with Gasteiger partial charge in [0.05, 0.1) is 0 Å². The van der Waals surface area contributed by atoms with Crippen molar-refractivity contribution < 1.29 is 0 Å². The third-order valence-electron chi connectivity index (χ3n) is 1.55. The highest BCUT2D eigenvalue weighted by molar-refractivity contribution is 5.38.